The van der Waals surface area contributed by atoms with E-state index in [2.05, 4.69) is 5.32 Å². The van der Waals surface area contributed by atoms with Crippen molar-refractivity contribution in [2.24, 2.45) is 0 Å². The summed E-state index contributed by atoms with van der Waals surface area (Å²) in [7, 11) is 0. The Hall–Kier alpha value is -2.71. The molecule has 21 heavy (non-hydrogen) atoms. The lowest BCUT2D eigenvalue weighted by Crippen LogP contribution is -2.08. The molecule has 2 aromatic carbocycles. The number of nitrogens with two attached hydrogens (primary N) is 1. The minimum absolute atomic E-state index is 0.0106. The standard InChI is InChI=1S/C15H12ClN3O2/c16-13-6-11(18)5-12(15(20)21)14(13)19-8-10-3-1-2-9(4-10)7-17/h1-6,19H,8,18H2,(H,20,21). The fraction of sp³-hybridized carbons (Fsp3) is 0.0667. The number of nitrogens with one attached hydrogen (secondary N) is 1. The molecule has 0 aliphatic rings. The Balaban J connectivity index is 2.27. The van der Waals surface area contributed by atoms with E-state index in [1.54, 1.807) is 18.2 Å². The highest BCUT2D eigenvalue weighted by molar-refractivity contribution is 6.34. The Kier molecular flexibility index (Phi) is 4.31. The highest BCUT2D eigenvalue weighted by atomic mass is 35.5. The van der Waals surface area contributed by atoms with Gasteiger partial charge in [0.25, 0.3) is 0 Å². The van der Waals surface area contributed by atoms with E-state index in [1.165, 1.54) is 12.1 Å². The lowest BCUT2D eigenvalue weighted by Gasteiger charge is -2.12. The summed E-state index contributed by atoms with van der Waals surface area (Å²) >= 11 is 6.05. The van der Waals surface area contributed by atoms with Crippen molar-refractivity contribution in [3.8, 4) is 6.07 Å². The van der Waals surface area contributed by atoms with Gasteiger partial charge in [0.15, 0.2) is 0 Å². The van der Waals surface area contributed by atoms with Crippen molar-refractivity contribution in [2.45, 2.75) is 6.54 Å². The number of benzene rings is 2. The maximum atomic E-state index is 11.2. The molecule has 0 bridgehead atoms. The molecule has 106 valence electrons. The second-order valence-corrected chi connectivity index (χ2v) is 4.80. The molecule has 0 heterocycles. The van der Waals surface area contributed by atoms with Crippen LogP contribution in [0, 0.1) is 11.3 Å². The summed E-state index contributed by atoms with van der Waals surface area (Å²) in [5.41, 5.74) is 7.59. The molecular weight excluding hydrogens is 290 g/mol. The van der Waals surface area contributed by atoms with Gasteiger partial charge < -0.3 is 16.2 Å². The van der Waals surface area contributed by atoms with Crippen LogP contribution in [0.2, 0.25) is 5.02 Å². The summed E-state index contributed by atoms with van der Waals surface area (Å²) in [6.45, 7) is 0.347. The van der Waals surface area contributed by atoms with Crippen molar-refractivity contribution in [1.82, 2.24) is 0 Å². The van der Waals surface area contributed by atoms with E-state index in [9.17, 15) is 9.90 Å². The van der Waals surface area contributed by atoms with Gasteiger partial charge in [-0.05, 0) is 29.8 Å². The molecular formula is C15H12ClN3O2. The second kappa shape index (κ2) is 6.16. The number of hydrogen-bond acceptors (Lipinski definition) is 4. The second-order valence-electron chi connectivity index (χ2n) is 4.40. The number of carboxylic acid groups (broad SMARTS) is 1. The predicted molar refractivity (Wildman–Crippen MR) is 81.3 cm³/mol. The van der Waals surface area contributed by atoms with E-state index in [4.69, 9.17) is 22.6 Å². The first kappa shape index (κ1) is 14.7. The molecule has 4 N–H and O–H groups in total. The third-order valence-corrected chi connectivity index (χ3v) is 3.17. The van der Waals surface area contributed by atoms with Gasteiger partial charge in [0.05, 0.1) is 27.9 Å². The van der Waals surface area contributed by atoms with Gasteiger partial charge in [-0.15, -0.1) is 0 Å². The monoisotopic (exact) mass is 301 g/mol. The number of aromatic carboxylic acids is 1. The van der Waals surface area contributed by atoms with Crippen molar-refractivity contribution in [3.05, 3.63) is 58.1 Å². The third-order valence-electron chi connectivity index (χ3n) is 2.87. The Morgan fingerprint density at radius 1 is 1.38 bits per heavy atom. The van der Waals surface area contributed by atoms with Crippen molar-refractivity contribution >= 4 is 28.9 Å². The molecule has 0 aromatic heterocycles. The molecule has 0 atom stereocenters. The molecule has 2 rings (SSSR count). The molecule has 0 amide bonds. The number of nitriles is 1. The summed E-state index contributed by atoms with van der Waals surface area (Å²) in [5, 5.41) is 21.3. The van der Waals surface area contributed by atoms with Crippen LogP contribution in [0.1, 0.15) is 21.5 Å². The number of carboxylic acids is 1. The summed E-state index contributed by atoms with van der Waals surface area (Å²) in [4.78, 5) is 11.2. The van der Waals surface area contributed by atoms with E-state index in [0.717, 1.165) is 5.56 Å². The zero-order valence-electron chi connectivity index (χ0n) is 10.9. The van der Waals surface area contributed by atoms with Crippen LogP contribution in [-0.2, 0) is 6.54 Å². The Morgan fingerprint density at radius 3 is 2.81 bits per heavy atom. The molecule has 0 aliphatic heterocycles. The fourth-order valence-corrected chi connectivity index (χ4v) is 2.21. The number of halogens is 1. The van der Waals surface area contributed by atoms with Gasteiger partial charge in [0.1, 0.15) is 0 Å². The minimum atomic E-state index is -1.11. The largest absolute Gasteiger partial charge is 0.478 e. The molecule has 0 fully saturated rings. The lowest BCUT2D eigenvalue weighted by atomic mass is 10.1. The quantitative estimate of drug-likeness (QED) is 0.754. The predicted octanol–water partition coefficient (Wildman–Crippen LogP) is 3.10. The highest BCUT2D eigenvalue weighted by Crippen LogP contribution is 2.29. The van der Waals surface area contributed by atoms with Crippen LogP contribution in [0.3, 0.4) is 0 Å². The number of rotatable bonds is 4. The van der Waals surface area contributed by atoms with Gasteiger partial charge in [-0.25, -0.2) is 4.79 Å². The van der Waals surface area contributed by atoms with E-state index < -0.39 is 5.97 Å². The van der Waals surface area contributed by atoms with Gasteiger partial charge in [-0.3, -0.25) is 0 Å². The molecule has 0 spiro atoms. The van der Waals surface area contributed by atoms with Crippen molar-refractivity contribution in [1.29, 1.82) is 5.26 Å². The van der Waals surface area contributed by atoms with E-state index in [0.29, 0.717) is 17.8 Å². The normalized spacial score (nSPS) is 9.90. The van der Waals surface area contributed by atoms with Gasteiger partial charge >= 0.3 is 5.97 Å². The molecule has 5 nitrogen and oxygen atoms in total. The van der Waals surface area contributed by atoms with Crippen molar-refractivity contribution in [2.75, 3.05) is 11.1 Å². The van der Waals surface area contributed by atoms with Crippen molar-refractivity contribution in [3.63, 3.8) is 0 Å². The topological polar surface area (TPSA) is 99.1 Å². The van der Waals surface area contributed by atoms with Crippen LogP contribution < -0.4 is 11.1 Å². The Labute approximate surface area is 126 Å². The zero-order valence-corrected chi connectivity index (χ0v) is 11.7. The molecule has 0 radical (unpaired) electrons. The van der Waals surface area contributed by atoms with Crippen LogP contribution in [0.4, 0.5) is 11.4 Å². The molecule has 2 aromatic rings. The third kappa shape index (κ3) is 3.44. The smallest absolute Gasteiger partial charge is 0.337 e. The summed E-state index contributed by atoms with van der Waals surface area (Å²) in [6.07, 6.45) is 0. The van der Waals surface area contributed by atoms with Crippen LogP contribution in [0.5, 0.6) is 0 Å². The first-order valence-corrected chi connectivity index (χ1v) is 6.44. The van der Waals surface area contributed by atoms with Gasteiger partial charge in [0.2, 0.25) is 0 Å². The SMILES string of the molecule is N#Cc1cccc(CNc2c(Cl)cc(N)cc2C(=O)O)c1. The molecule has 0 saturated heterocycles. The highest BCUT2D eigenvalue weighted by Gasteiger charge is 2.14. The molecule has 6 heteroatoms. The van der Waals surface area contributed by atoms with E-state index in [-0.39, 0.29) is 16.3 Å². The van der Waals surface area contributed by atoms with Gasteiger partial charge in [0, 0.05) is 12.2 Å². The van der Waals surface area contributed by atoms with Crippen LogP contribution in [0.25, 0.3) is 0 Å². The van der Waals surface area contributed by atoms with Crippen LogP contribution >= 0.6 is 11.6 Å². The molecule has 0 aliphatic carbocycles. The summed E-state index contributed by atoms with van der Waals surface area (Å²) < 4.78 is 0. The lowest BCUT2D eigenvalue weighted by molar-refractivity contribution is 0.0698. The van der Waals surface area contributed by atoms with E-state index in [1.807, 2.05) is 12.1 Å². The number of carbonyl (C=O) groups is 1. The van der Waals surface area contributed by atoms with Crippen LogP contribution in [-0.4, -0.2) is 11.1 Å². The zero-order chi connectivity index (χ0) is 15.4. The first-order valence-electron chi connectivity index (χ1n) is 6.06. The van der Waals surface area contributed by atoms with E-state index >= 15 is 0 Å². The molecule has 0 saturated carbocycles. The number of nitrogen functional groups attached to an aromatic ring is 1. The summed E-state index contributed by atoms with van der Waals surface area (Å²) in [6, 6.07) is 11.9. The summed E-state index contributed by atoms with van der Waals surface area (Å²) in [5.74, 6) is -1.11. The van der Waals surface area contributed by atoms with Crippen molar-refractivity contribution < 1.29 is 9.90 Å². The number of hydrogen-bond donors (Lipinski definition) is 3. The minimum Gasteiger partial charge on any atom is -0.478 e. The molecule has 0 unspecified atom stereocenters. The Morgan fingerprint density at radius 2 is 2.14 bits per heavy atom. The maximum Gasteiger partial charge on any atom is 0.337 e. The average Bonchev–Trinajstić information content (AvgIpc) is 2.45. The number of anilines is 2. The number of nitrogens with zero attached hydrogens (tertiary/aromatic N) is 1. The van der Waals surface area contributed by atoms with Gasteiger partial charge in [-0.1, -0.05) is 23.7 Å². The Bertz CT molecular complexity index is 738. The fourth-order valence-electron chi connectivity index (χ4n) is 1.92. The van der Waals surface area contributed by atoms with Gasteiger partial charge in [-0.2, -0.15) is 5.26 Å². The van der Waals surface area contributed by atoms with Crippen LogP contribution in [0.15, 0.2) is 36.4 Å². The average molecular weight is 302 g/mol. The first-order chi connectivity index (χ1) is 10.0. The maximum absolute atomic E-state index is 11.2.